The third-order valence-electron chi connectivity index (χ3n) is 1.89. The van der Waals surface area contributed by atoms with Crippen molar-refractivity contribution in [1.29, 1.82) is 0 Å². The molecule has 0 amide bonds. The Labute approximate surface area is 83.0 Å². The van der Waals surface area contributed by atoms with Crippen molar-refractivity contribution < 1.29 is 8.81 Å². The number of halogens is 1. The summed E-state index contributed by atoms with van der Waals surface area (Å²) in [5.74, 6) is -1.21. The van der Waals surface area contributed by atoms with Gasteiger partial charge in [-0.05, 0) is 17.7 Å². The monoisotopic (exact) mass is 207 g/mol. The van der Waals surface area contributed by atoms with E-state index in [1.807, 2.05) is 0 Å². The van der Waals surface area contributed by atoms with Crippen molar-refractivity contribution in [3.05, 3.63) is 57.3 Å². The normalized spacial score (nSPS) is 10.2. The summed E-state index contributed by atoms with van der Waals surface area (Å²) in [6.07, 6.45) is 1.24. The molecule has 2 rings (SSSR count). The van der Waals surface area contributed by atoms with E-state index in [1.165, 1.54) is 30.5 Å². The molecule has 2 aromatic rings. The van der Waals surface area contributed by atoms with E-state index in [1.54, 1.807) is 0 Å². The maximum absolute atomic E-state index is 12.6. The Balaban J connectivity index is 2.59. The first kappa shape index (κ1) is 9.39. The molecule has 0 fully saturated rings. The van der Waals surface area contributed by atoms with Crippen LogP contribution in [0.25, 0.3) is 11.1 Å². The zero-order valence-corrected chi connectivity index (χ0v) is 7.49. The molecule has 1 N–H and O–H groups in total. The van der Waals surface area contributed by atoms with Gasteiger partial charge in [0.2, 0.25) is 0 Å². The van der Waals surface area contributed by atoms with Crippen LogP contribution in [0, 0.1) is 5.82 Å². The van der Waals surface area contributed by atoms with Crippen LogP contribution in [-0.4, -0.2) is 4.98 Å². The van der Waals surface area contributed by atoms with Crippen LogP contribution in [0.2, 0.25) is 0 Å². The molecule has 76 valence electrons. The lowest BCUT2D eigenvalue weighted by Crippen LogP contribution is -2.15. The summed E-state index contributed by atoms with van der Waals surface area (Å²) in [5.41, 5.74) is -0.0682. The highest BCUT2D eigenvalue weighted by atomic mass is 19.1. The molecule has 1 aromatic heterocycles. The number of hydrogen-bond donors (Lipinski definition) is 1. The summed E-state index contributed by atoms with van der Waals surface area (Å²) in [6, 6.07) is 5.31. The molecule has 0 unspecified atom stereocenters. The van der Waals surface area contributed by atoms with Gasteiger partial charge in [-0.2, -0.15) is 0 Å². The van der Waals surface area contributed by atoms with Crippen LogP contribution >= 0.6 is 0 Å². The van der Waals surface area contributed by atoms with Crippen molar-refractivity contribution in [2.45, 2.75) is 0 Å². The van der Waals surface area contributed by atoms with Crippen LogP contribution < -0.4 is 11.4 Å². The number of aromatic amines is 1. The van der Waals surface area contributed by atoms with Crippen molar-refractivity contribution in [2.24, 2.45) is 0 Å². The number of rotatable bonds is 1. The third kappa shape index (κ3) is 1.85. The van der Waals surface area contributed by atoms with Crippen LogP contribution in [0.1, 0.15) is 0 Å². The first-order valence-electron chi connectivity index (χ1n) is 4.15. The van der Waals surface area contributed by atoms with Crippen LogP contribution in [-0.2, 0) is 0 Å². The molecular formula is C10H6FNO3. The minimum absolute atomic E-state index is 0.189. The number of benzene rings is 1. The Morgan fingerprint density at radius 2 is 1.80 bits per heavy atom. The minimum Gasteiger partial charge on any atom is -0.372 e. The fraction of sp³-hybridized carbons (Fsp3) is 0. The summed E-state index contributed by atoms with van der Waals surface area (Å²) < 4.78 is 16.9. The lowest BCUT2D eigenvalue weighted by Gasteiger charge is -1.97. The van der Waals surface area contributed by atoms with E-state index in [0.717, 1.165) is 0 Å². The Kier molecular flexibility index (Phi) is 2.21. The maximum atomic E-state index is 12.6. The Hall–Kier alpha value is -2.17. The van der Waals surface area contributed by atoms with E-state index in [0.29, 0.717) is 5.56 Å². The lowest BCUT2D eigenvalue weighted by molar-refractivity contribution is 0.451. The molecule has 0 saturated heterocycles. The highest BCUT2D eigenvalue weighted by Gasteiger charge is 2.04. The second-order valence-electron chi connectivity index (χ2n) is 2.89. The minimum atomic E-state index is -0.814. The van der Waals surface area contributed by atoms with Crippen LogP contribution in [0.15, 0.2) is 44.5 Å². The maximum Gasteiger partial charge on any atom is 0.419 e. The second kappa shape index (κ2) is 3.53. The quantitative estimate of drug-likeness (QED) is 0.762. The third-order valence-corrected chi connectivity index (χ3v) is 1.89. The average molecular weight is 207 g/mol. The molecule has 0 bridgehead atoms. The standard InChI is InChI=1S/C10H6FNO3/c11-7-3-1-6(2-4-7)8-5-12-10(14)15-9(8)13/h1-5H,(H,12,14). The molecule has 0 aliphatic heterocycles. The van der Waals surface area contributed by atoms with Gasteiger partial charge in [0.25, 0.3) is 0 Å². The van der Waals surface area contributed by atoms with Gasteiger partial charge in [-0.1, -0.05) is 12.1 Å². The van der Waals surface area contributed by atoms with E-state index in [2.05, 4.69) is 9.40 Å². The summed E-state index contributed by atoms with van der Waals surface area (Å²) in [6.45, 7) is 0. The number of H-pyrrole nitrogens is 1. The molecule has 0 spiro atoms. The topological polar surface area (TPSA) is 63.1 Å². The summed E-state index contributed by atoms with van der Waals surface area (Å²) in [5, 5.41) is 0. The van der Waals surface area contributed by atoms with E-state index in [-0.39, 0.29) is 5.56 Å². The zero-order chi connectivity index (χ0) is 10.8. The van der Waals surface area contributed by atoms with Gasteiger partial charge in [-0.25, -0.2) is 14.0 Å². The van der Waals surface area contributed by atoms with Crippen molar-refractivity contribution in [2.75, 3.05) is 0 Å². The van der Waals surface area contributed by atoms with Crippen LogP contribution in [0.5, 0.6) is 0 Å². The average Bonchev–Trinajstić information content (AvgIpc) is 2.20. The highest BCUT2D eigenvalue weighted by molar-refractivity contribution is 5.60. The molecule has 0 radical (unpaired) electrons. The molecule has 1 aromatic carbocycles. The van der Waals surface area contributed by atoms with Gasteiger partial charge in [-0.3, -0.25) is 4.98 Å². The fourth-order valence-corrected chi connectivity index (χ4v) is 1.19. The van der Waals surface area contributed by atoms with E-state index in [4.69, 9.17) is 0 Å². The van der Waals surface area contributed by atoms with Crippen molar-refractivity contribution in [1.82, 2.24) is 4.98 Å². The van der Waals surface area contributed by atoms with E-state index in [9.17, 15) is 14.0 Å². The molecule has 5 heteroatoms. The van der Waals surface area contributed by atoms with E-state index < -0.39 is 17.2 Å². The molecule has 15 heavy (non-hydrogen) atoms. The highest BCUT2D eigenvalue weighted by Crippen LogP contribution is 2.13. The first-order chi connectivity index (χ1) is 7.16. The molecule has 0 saturated carbocycles. The van der Waals surface area contributed by atoms with Gasteiger partial charge >= 0.3 is 11.4 Å². The number of hydrogen-bond acceptors (Lipinski definition) is 3. The smallest absolute Gasteiger partial charge is 0.372 e. The SMILES string of the molecule is O=c1[nH]cc(-c2ccc(F)cc2)c(=O)o1. The predicted molar refractivity (Wildman–Crippen MR) is 51.0 cm³/mol. The largest absolute Gasteiger partial charge is 0.419 e. The molecule has 0 aliphatic carbocycles. The molecule has 4 nitrogen and oxygen atoms in total. The van der Waals surface area contributed by atoms with Gasteiger partial charge in [0.15, 0.2) is 0 Å². The second-order valence-corrected chi connectivity index (χ2v) is 2.89. The van der Waals surface area contributed by atoms with Gasteiger partial charge < -0.3 is 4.42 Å². The van der Waals surface area contributed by atoms with E-state index >= 15 is 0 Å². The fourth-order valence-electron chi connectivity index (χ4n) is 1.19. The lowest BCUT2D eigenvalue weighted by atomic mass is 10.1. The van der Waals surface area contributed by atoms with Crippen molar-refractivity contribution in [3.8, 4) is 11.1 Å². The number of aromatic nitrogens is 1. The van der Waals surface area contributed by atoms with Gasteiger partial charge in [-0.15, -0.1) is 0 Å². The summed E-state index contributed by atoms with van der Waals surface area (Å²) in [7, 11) is 0. The first-order valence-corrected chi connectivity index (χ1v) is 4.15. The zero-order valence-electron chi connectivity index (χ0n) is 7.49. The van der Waals surface area contributed by atoms with Crippen molar-refractivity contribution in [3.63, 3.8) is 0 Å². The van der Waals surface area contributed by atoms with Gasteiger partial charge in [0, 0.05) is 6.20 Å². The van der Waals surface area contributed by atoms with Gasteiger partial charge in [0.1, 0.15) is 5.82 Å². The Morgan fingerprint density at radius 1 is 1.13 bits per heavy atom. The summed E-state index contributed by atoms with van der Waals surface area (Å²) in [4.78, 5) is 24.1. The van der Waals surface area contributed by atoms with Crippen molar-refractivity contribution >= 4 is 0 Å². The molecule has 1 heterocycles. The Morgan fingerprint density at radius 3 is 2.40 bits per heavy atom. The molecule has 0 aliphatic rings. The van der Waals surface area contributed by atoms with Crippen LogP contribution in [0.4, 0.5) is 4.39 Å². The van der Waals surface area contributed by atoms with Gasteiger partial charge in [0.05, 0.1) is 5.56 Å². The predicted octanol–water partition coefficient (Wildman–Crippen LogP) is 1.13. The van der Waals surface area contributed by atoms with Crippen LogP contribution in [0.3, 0.4) is 0 Å². The molecule has 0 atom stereocenters. The molecular weight excluding hydrogens is 201 g/mol. The number of nitrogens with one attached hydrogen (secondary N) is 1. The Bertz CT molecular complexity index is 583. The summed E-state index contributed by atoms with van der Waals surface area (Å²) >= 11 is 0.